The molecule has 0 atom stereocenters. The van der Waals surface area contributed by atoms with Crippen molar-refractivity contribution in [3.8, 4) is 0 Å². The fourth-order valence-electron chi connectivity index (χ4n) is 0.901. The molecule has 0 unspecified atom stereocenters. The SMILES string of the molecule is O=C(NCCI)c1ccccc1F. The van der Waals surface area contributed by atoms with E-state index in [1.807, 2.05) is 0 Å². The molecule has 1 amide bonds. The fourth-order valence-corrected chi connectivity index (χ4v) is 1.17. The van der Waals surface area contributed by atoms with E-state index >= 15 is 0 Å². The predicted molar refractivity (Wildman–Crippen MR) is 57.6 cm³/mol. The zero-order valence-corrected chi connectivity index (χ0v) is 9.05. The third kappa shape index (κ3) is 2.95. The van der Waals surface area contributed by atoms with Crippen LogP contribution in [0.25, 0.3) is 0 Å². The molecule has 4 heteroatoms. The molecule has 0 fully saturated rings. The summed E-state index contributed by atoms with van der Waals surface area (Å²) in [6, 6.07) is 5.95. The van der Waals surface area contributed by atoms with E-state index in [2.05, 4.69) is 27.9 Å². The Hall–Kier alpha value is -0.650. The molecule has 0 aliphatic heterocycles. The Bertz CT molecular complexity index is 303. The molecule has 0 aliphatic rings. The maximum absolute atomic E-state index is 13.0. The molecule has 0 heterocycles. The second-order valence-electron chi connectivity index (χ2n) is 2.42. The molecule has 13 heavy (non-hydrogen) atoms. The maximum atomic E-state index is 13.0. The molecule has 1 N–H and O–H groups in total. The van der Waals surface area contributed by atoms with Gasteiger partial charge in [-0.25, -0.2) is 4.39 Å². The normalized spacial score (nSPS) is 9.69. The zero-order valence-electron chi connectivity index (χ0n) is 6.89. The van der Waals surface area contributed by atoms with Gasteiger partial charge in [0.15, 0.2) is 0 Å². The van der Waals surface area contributed by atoms with Crippen molar-refractivity contribution in [1.29, 1.82) is 0 Å². The summed E-state index contributed by atoms with van der Waals surface area (Å²) in [5.41, 5.74) is 0.104. The third-order valence-corrected chi connectivity index (χ3v) is 2.04. The predicted octanol–water partition coefficient (Wildman–Crippen LogP) is 1.99. The molecule has 0 aliphatic carbocycles. The number of benzene rings is 1. The second-order valence-corrected chi connectivity index (χ2v) is 3.50. The van der Waals surface area contributed by atoms with Crippen LogP contribution in [0.5, 0.6) is 0 Å². The summed E-state index contributed by atoms with van der Waals surface area (Å²) >= 11 is 2.14. The third-order valence-electron chi connectivity index (χ3n) is 1.50. The van der Waals surface area contributed by atoms with Gasteiger partial charge in [0.1, 0.15) is 5.82 Å². The minimum atomic E-state index is -0.478. The number of carbonyl (C=O) groups excluding carboxylic acids is 1. The highest BCUT2D eigenvalue weighted by atomic mass is 127. The van der Waals surface area contributed by atoms with Crippen LogP contribution in [-0.2, 0) is 0 Å². The molecule has 70 valence electrons. The van der Waals surface area contributed by atoms with Gasteiger partial charge < -0.3 is 5.32 Å². The van der Waals surface area contributed by atoms with Gasteiger partial charge in [-0.1, -0.05) is 34.7 Å². The van der Waals surface area contributed by atoms with Crippen molar-refractivity contribution in [3.05, 3.63) is 35.6 Å². The van der Waals surface area contributed by atoms with E-state index in [4.69, 9.17) is 0 Å². The fraction of sp³-hybridized carbons (Fsp3) is 0.222. The highest BCUT2D eigenvalue weighted by Gasteiger charge is 2.08. The average Bonchev–Trinajstić information content (AvgIpc) is 2.15. The van der Waals surface area contributed by atoms with E-state index < -0.39 is 5.82 Å². The van der Waals surface area contributed by atoms with Gasteiger partial charge in [-0.15, -0.1) is 0 Å². The van der Waals surface area contributed by atoms with Crippen LogP contribution in [-0.4, -0.2) is 16.9 Å². The molecule has 0 spiro atoms. The van der Waals surface area contributed by atoms with Gasteiger partial charge in [0, 0.05) is 11.0 Å². The Labute approximate surface area is 89.7 Å². The smallest absolute Gasteiger partial charge is 0.254 e. The molecule has 2 nitrogen and oxygen atoms in total. The number of hydrogen-bond donors (Lipinski definition) is 1. The molecule has 0 aromatic heterocycles. The van der Waals surface area contributed by atoms with Crippen LogP contribution in [0.15, 0.2) is 24.3 Å². The molecule has 0 saturated carbocycles. The van der Waals surface area contributed by atoms with Gasteiger partial charge >= 0.3 is 0 Å². The summed E-state index contributed by atoms with van der Waals surface area (Å²) in [7, 11) is 0. The van der Waals surface area contributed by atoms with Crippen molar-refractivity contribution in [2.75, 3.05) is 11.0 Å². The van der Waals surface area contributed by atoms with Gasteiger partial charge in [0.2, 0.25) is 0 Å². The van der Waals surface area contributed by atoms with Crippen molar-refractivity contribution in [3.63, 3.8) is 0 Å². The lowest BCUT2D eigenvalue weighted by Gasteiger charge is -2.03. The Morgan fingerprint density at radius 3 is 2.77 bits per heavy atom. The zero-order chi connectivity index (χ0) is 9.68. The number of nitrogens with one attached hydrogen (secondary N) is 1. The standard InChI is InChI=1S/C9H9FINO/c10-8-4-2-1-3-7(8)9(13)12-6-5-11/h1-4H,5-6H2,(H,12,13). The van der Waals surface area contributed by atoms with Crippen LogP contribution >= 0.6 is 22.6 Å². The second kappa shape index (κ2) is 5.16. The number of amides is 1. The highest BCUT2D eigenvalue weighted by Crippen LogP contribution is 2.05. The average molecular weight is 293 g/mol. The number of hydrogen-bond acceptors (Lipinski definition) is 1. The van der Waals surface area contributed by atoms with E-state index in [-0.39, 0.29) is 11.5 Å². The van der Waals surface area contributed by atoms with Gasteiger partial charge in [0.25, 0.3) is 5.91 Å². The van der Waals surface area contributed by atoms with Gasteiger partial charge in [0.05, 0.1) is 5.56 Å². The molecule has 0 radical (unpaired) electrons. The van der Waals surface area contributed by atoms with E-state index in [0.717, 1.165) is 4.43 Å². The topological polar surface area (TPSA) is 29.1 Å². The van der Waals surface area contributed by atoms with E-state index in [9.17, 15) is 9.18 Å². The monoisotopic (exact) mass is 293 g/mol. The first kappa shape index (κ1) is 10.4. The Kier molecular flexibility index (Phi) is 4.14. The lowest BCUT2D eigenvalue weighted by molar-refractivity contribution is 0.0952. The van der Waals surface area contributed by atoms with Crippen LogP contribution in [0.4, 0.5) is 4.39 Å². The Morgan fingerprint density at radius 1 is 1.46 bits per heavy atom. The van der Waals surface area contributed by atoms with Crippen molar-refractivity contribution in [2.24, 2.45) is 0 Å². The quantitative estimate of drug-likeness (QED) is 0.670. The summed E-state index contributed by atoms with van der Waals surface area (Å²) in [4.78, 5) is 11.3. The molecule has 1 aromatic rings. The van der Waals surface area contributed by atoms with Crippen LogP contribution in [0.3, 0.4) is 0 Å². The van der Waals surface area contributed by atoms with Crippen molar-refractivity contribution >= 4 is 28.5 Å². The van der Waals surface area contributed by atoms with E-state index in [1.165, 1.54) is 12.1 Å². The summed E-state index contributed by atoms with van der Waals surface area (Å²) < 4.78 is 13.8. The van der Waals surface area contributed by atoms with E-state index in [1.54, 1.807) is 12.1 Å². The molecule has 1 aromatic carbocycles. The van der Waals surface area contributed by atoms with Crippen LogP contribution in [0, 0.1) is 5.82 Å². The van der Waals surface area contributed by atoms with Crippen LogP contribution in [0.1, 0.15) is 10.4 Å². The first-order chi connectivity index (χ1) is 6.25. The minimum absolute atomic E-state index is 0.104. The summed E-state index contributed by atoms with van der Waals surface area (Å²) in [6.45, 7) is 0.563. The summed E-state index contributed by atoms with van der Waals surface area (Å²) in [5.74, 6) is -0.830. The summed E-state index contributed by atoms with van der Waals surface area (Å²) in [5, 5.41) is 2.60. The van der Waals surface area contributed by atoms with Gasteiger partial charge in [-0.05, 0) is 12.1 Å². The van der Waals surface area contributed by atoms with Gasteiger partial charge in [-0.3, -0.25) is 4.79 Å². The number of alkyl halides is 1. The minimum Gasteiger partial charge on any atom is -0.351 e. The van der Waals surface area contributed by atoms with E-state index in [0.29, 0.717) is 6.54 Å². The highest BCUT2D eigenvalue weighted by molar-refractivity contribution is 14.1. The van der Waals surface area contributed by atoms with Crippen molar-refractivity contribution < 1.29 is 9.18 Å². The lowest BCUT2D eigenvalue weighted by Crippen LogP contribution is -2.25. The molecule has 1 rings (SSSR count). The molecular weight excluding hydrogens is 284 g/mol. The molecular formula is C9H9FINO. The van der Waals surface area contributed by atoms with Crippen molar-refractivity contribution in [2.45, 2.75) is 0 Å². The first-order valence-corrected chi connectivity index (χ1v) is 5.37. The Morgan fingerprint density at radius 2 is 2.15 bits per heavy atom. The van der Waals surface area contributed by atoms with Crippen molar-refractivity contribution in [1.82, 2.24) is 5.32 Å². The molecule has 0 bridgehead atoms. The van der Waals surface area contributed by atoms with Crippen LogP contribution in [0.2, 0.25) is 0 Å². The lowest BCUT2D eigenvalue weighted by atomic mass is 10.2. The molecule has 0 saturated heterocycles. The number of carbonyl (C=O) groups is 1. The van der Waals surface area contributed by atoms with Gasteiger partial charge in [-0.2, -0.15) is 0 Å². The maximum Gasteiger partial charge on any atom is 0.254 e. The number of halogens is 2. The van der Waals surface area contributed by atoms with Crippen LogP contribution < -0.4 is 5.32 Å². The number of rotatable bonds is 3. The summed E-state index contributed by atoms with van der Waals surface area (Å²) in [6.07, 6.45) is 0. The first-order valence-electron chi connectivity index (χ1n) is 3.84. The Balaban J connectivity index is 2.71. The largest absolute Gasteiger partial charge is 0.351 e.